The van der Waals surface area contributed by atoms with E-state index in [2.05, 4.69) is 10.6 Å². The fraction of sp³-hybridized carbons (Fsp3) is 0.200. The van der Waals surface area contributed by atoms with Crippen LogP contribution in [0.25, 0.3) is 0 Å². The number of carbonyl (C=O) groups is 2. The first-order chi connectivity index (χ1) is 17.3. The van der Waals surface area contributed by atoms with Gasteiger partial charge in [0.25, 0.3) is 11.6 Å². The highest BCUT2D eigenvalue weighted by Gasteiger charge is 2.67. The molecule has 1 saturated carbocycles. The highest BCUT2D eigenvalue weighted by Crippen LogP contribution is 2.65. The van der Waals surface area contributed by atoms with Gasteiger partial charge >= 0.3 is 0 Å². The van der Waals surface area contributed by atoms with Crippen LogP contribution in [0.3, 0.4) is 0 Å². The average Bonchev–Trinajstić information content (AvgIpc) is 3.38. The normalized spacial score (nSPS) is 17.7. The van der Waals surface area contributed by atoms with E-state index in [9.17, 15) is 19.7 Å². The molecule has 2 unspecified atom stereocenters. The molecule has 3 aromatic carbocycles. The first-order valence-electron chi connectivity index (χ1n) is 10.8. The lowest BCUT2D eigenvalue weighted by molar-refractivity contribution is -0.385. The molecule has 2 atom stereocenters. The zero-order valence-corrected chi connectivity index (χ0v) is 23.0. The maximum Gasteiger partial charge on any atom is 0.272 e. The summed E-state index contributed by atoms with van der Waals surface area (Å²) >= 11 is 31.3. The van der Waals surface area contributed by atoms with Gasteiger partial charge in [-0.05, 0) is 67.4 Å². The van der Waals surface area contributed by atoms with Crippen LogP contribution in [0.2, 0.25) is 15.1 Å². The second-order valence-corrected chi connectivity index (χ2v) is 11.4. The Balaban J connectivity index is 1.52. The van der Waals surface area contributed by atoms with E-state index in [1.807, 2.05) is 0 Å². The smallest absolute Gasteiger partial charge is 0.272 e. The van der Waals surface area contributed by atoms with Gasteiger partial charge in [0.1, 0.15) is 4.33 Å². The minimum atomic E-state index is -1.37. The molecular formula is C25H18Cl5N3O4. The second kappa shape index (κ2) is 10.3. The minimum absolute atomic E-state index is 0.0497. The number of nitro groups is 1. The Morgan fingerprint density at radius 3 is 2.19 bits per heavy atom. The van der Waals surface area contributed by atoms with Crippen LogP contribution in [0.4, 0.5) is 17.1 Å². The van der Waals surface area contributed by atoms with Crippen LogP contribution in [0.5, 0.6) is 0 Å². The molecule has 12 heteroatoms. The Morgan fingerprint density at radius 2 is 1.57 bits per heavy atom. The molecule has 1 aliphatic carbocycles. The molecule has 7 nitrogen and oxygen atoms in total. The Hall–Kier alpha value is -2.55. The van der Waals surface area contributed by atoms with Gasteiger partial charge < -0.3 is 10.6 Å². The number of rotatable bonds is 6. The lowest BCUT2D eigenvalue weighted by Crippen LogP contribution is -2.18. The number of nitrogens with zero attached hydrogens (tertiary/aromatic N) is 1. The summed E-state index contributed by atoms with van der Waals surface area (Å²) in [6, 6.07) is 12.2. The van der Waals surface area contributed by atoms with Crippen molar-refractivity contribution in [2.24, 2.45) is 5.92 Å². The van der Waals surface area contributed by atoms with Crippen LogP contribution in [-0.4, -0.2) is 21.1 Å². The second-order valence-electron chi connectivity index (χ2n) is 8.68. The molecule has 2 amide bonds. The third-order valence-corrected chi connectivity index (χ3v) is 7.75. The molecule has 0 aliphatic heterocycles. The number of hydrogen-bond acceptors (Lipinski definition) is 4. The molecule has 0 spiro atoms. The van der Waals surface area contributed by atoms with Gasteiger partial charge in [-0.3, -0.25) is 19.7 Å². The van der Waals surface area contributed by atoms with Gasteiger partial charge in [0.2, 0.25) is 5.91 Å². The van der Waals surface area contributed by atoms with Crippen LogP contribution in [0.1, 0.15) is 33.0 Å². The number of aryl methyl sites for hydroxylation is 2. The molecule has 0 radical (unpaired) electrons. The lowest BCUT2D eigenvalue weighted by atomic mass is 10.1. The van der Waals surface area contributed by atoms with Crippen molar-refractivity contribution in [3.63, 3.8) is 0 Å². The zero-order valence-electron chi connectivity index (χ0n) is 19.2. The third kappa shape index (κ3) is 5.66. The lowest BCUT2D eigenvalue weighted by Gasteiger charge is -2.12. The average molecular weight is 602 g/mol. The summed E-state index contributed by atoms with van der Waals surface area (Å²) in [7, 11) is 0. The molecule has 0 saturated heterocycles. The summed E-state index contributed by atoms with van der Waals surface area (Å²) in [5, 5.41) is 17.5. The Morgan fingerprint density at radius 1 is 0.919 bits per heavy atom. The molecule has 2 N–H and O–H groups in total. The SMILES string of the molecule is Cc1cc([N+](=O)[O-])c(C)cc1NC(=O)c1cc(NC(=O)C2C(c3cc(Cl)cc(Cl)c3)C2(Cl)Cl)ccc1Cl. The van der Waals surface area contributed by atoms with Gasteiger partial charge in [0, 0.05) is 39.0 Å². The van der Waals surface area contributed by atoms with Gasteiger partial charge in [-0.25, -0.2) is 0 Å². The first kappa shape index (κ1) is 27.5. The maximum atomic E-state index is 13.0. The summed E-state index contributed by atoms with van der Waals surface area (Å²) < 4.78 is -1.37. The predicted octanol–water partition coefficient (Wildman–Crippen LogP) is 7.95. The van der Waals surface area contributed by atoms with Crippen LogP contribution >= 0.6 is 58.0 Å². The van der Waals surface area contributed by atoms with Crippen molar-refractivity contribution in [1.29, 1.82) is 0 Å². The van der Waals surface area contributed by atoms with Crippen LogP contribution < -0.4 is 10.6 Å². The molecule has 0 heterocycles. The predicted molar refractivity (Wildman–Crippen MR) is 148 cm³/mol. The number of carbonyl (C=O) groups excluding carboxylic acids is 2. The number of halogens is 5. The molecule has 4 rings (SSSR count). The summed E-state index contributed by atoms with van der Waals surface area (Å²) in [6.07, 6.45) is 0. The van der Waals surface area contributed by atoms with Gasteiger partial charge in [0.05, 0.1) is 21.4 Å². The molecule has 192 valence electrons. The molecule has 3 aromatic rings. The molecule has 1 fully saturated rings. The Labute approximate surface area is 237 Å². The number of alkyl halides is 2. The van der Waals surface area contributed by atoms with E-state index >= 15 is 0 Å². The van der Waals surface area contributed by atoms with E-state index in [0.29, 0.717) is 38.1 Å². The van der Waals surface area contributed by atoms with Gasteiger partial charge in [0.15, 0.2) is 0 Å². The van der Waals surface area contributed by atoms with Gasteiger partial charge in [-0.2, -0.15) is 0 Å². The maximum absolute atomic E-state index is 13.0. The first-order valence-corrected chi connectivity index (χ1v) is 12.7. The van der Waals surface area contributed by atoms with Crippen molar-refractivity contribution in [3.05, 3.63) is 96.0 Å². The molecular weight excluding hydrogens is 584 g/mol. The Bertz CT molecular complexity index is 1440. The summed E-state index contributed by atoms with van der Waals surface area (Å²) in [4.78, 5) is 36.7. The summed E-state index contributed by atoms with van der Waals surface area (Å²) in [6.45, 7) is 3.22. The topological polar surface area (TPSA) is 101 Å². The van der Waals surface area contributed by atoms with E-state index in [1.54, 1.807) is 32.0 Å². The number of anilines is 2. The fourth-order valence-electron chi connectivity index (χ4n) is 4.14. The van der Waals surface area contributed by atoms with Crippen LogP contribution in [0, 0.1) is 29.9 Å². The summed E-state index contributed by atoms with van der Waals surface area (Å²) in [5.41, 5.74) is 2.27. The van der Waals surface area contributed by atoms with E-state index in [4.69, 9.17) is 58.0 Å². The fourth-order valence-corrected chi connectivity index (χ4v) is 5.72. The van der Waals surface area contributed by atoms with E-state index < -0.39 is 32.9 Å². The van der Waals surface area contributed by atoms with Gasteiger partial charge in [-0.15, -0.1) is 23.2 Å². The minimum Gasteiger partial charge on any atom is -0.326 e. The Kier molecular flexibility index (Phi) is 7.66. The zero-order chi connectivity index (χ0) is 27.2. The third-order valence-electron chi connectivity index (χ3n) is 6.05. The number of nitro benzene ring substituents is 1. The number of benzene rings is 3. The highest BCUT2D eigenvalue weighted by atomic mass is 35.5. The van der Waals surface area contributed by atoms with Crippen molar-refractivity contribution in [2.45, 2.75) is 24.1 Å². The van der Waals surface area contributed by atoms with E-state index in [0.717, 1.165) is 0 Å². The van der Waals surface area contributed by atoms with Crippen molar-refractivity contribution in [3.8, 4) is 0 Å². The number of amides is 2. The highest BCUT2D eigenvalue weighted by molar-refractivity contribution is 6.53. The quantitative estimate of drug-likeness (QED) is 0.170. The van der Waals surface area contributed by atoms with Crippen LogP contribution in [0.15, 0.2) is 48.5 Å². The van der Waals surface area contributed by atoms with Crippen molar-refractivity contribution < 1.29 is 14.5 Å². The van der Waals surface area contributed by atoms with Crippen molar-refractivity contribution in [2.75, 3.05) is 10.6 Å². The van der Waals surface area contributed by atoms with Gasteiger partial charge in [-0.1, -0.05) is 34.8 Å². The van der Waals surface area contributed by atoms with E-state index in [-0.39, 0.29) is 16.3 Å². The molecule has 1 aliphatic rings. The van der Waals surface area contributed by atoms with E-state index in [1.165, 1.54) is 30.3 Å². The monoisotopic (exact) mass is 599 g/mol. The number of hydrogen-bond donors (Lipinski definition) is 2. The van der Waals surface area contributed by atoms with Crippen LogP contribution in [-0.2, 0) is 4.79 Å². The summed E-state index contributed by atoms with van der Waals surface area (Å²) in [5.74, 6) is -2.33. The molecule has 0 aromatic heterocycles. The molecule has 37 heavy (non-hydrogen) atoms. The van der Waals surface area contributed by atoms with Crippen molar-refractivity contribution in [1.82, 2.24) is 0 Å². The standard InChI is InChI=1S/C25H18Cl5N3O4/c1-11-6-20(33(36)37)12(2)5-19(11)32-23(34)17-10-16(3-4-18(17)28)31-24(35)22-21(25(22,29)30)13-7-14(26)9-15(27)8-13/h3-10,21-22H,1-2H3,(H,31,35)(H,32,34). The molecule has 0 bridgehead atoms. The van der Waals surface area contributed by atoms with Crippen molar-refractivity contribution >= 4 is 86.9 Å². The number of nitrogens with one attached hydrogen (secondary N) is 2. The largest absolute Gasteiger partial charge is 0.326 e.